The third-order valence-electron chi connectivity index (χ3n) is 2.95. The molecule has 0 unspecified atom stereocenters. The van der Waals surface area contributed by atoms with Crippen LogP contribution in [-0.4, -0.2) is 10.1 Å². The van der Waals surface area contributed by atoms with Crippen molar-refractivity contribution < 1.29 is 4.52 Å². The van der Waals surface area contributed by atoms with Crippen LogP contribution in [0.5, 0.6) is 0 Å². The maximum atomic E-state index is 5.66. The zero-order chi connectivity index (χ0) is 14.1. The zero-order valence-corrected chi connectivity index (χ0v) is 12.4. The Kier molecular flexibility index (Phi) is 3.28. The molecule has 3 rings (SSSR count). The lowest BCUT2D eigenvalue weighted by molar-refractivity contribution is 0.432. The second-order valence-corrected chi connectivity index (χ2v) is 5.38. The Morgan fingerprint density at radius 3 is 2.55 bits per heavy atom. The minimum Gasteiger partial charge on any atom is -0.399 e. The van der Waals surface area contributed by atoms with Crippen molar-refractivity contribution in [2.45, 2.75) is 6.92 Å². The summed E-state index contributed by atoms with van der Waals surface area (Å²) in [4.78, 5) is 4.42. The molecule has 0 aliphatic rings. The number of benzene rings is 2. The lowest BCUT2D eigenvalue weighted by atomic mass is 10.1. The third kappa shape index (κ3) is 2.44. The van der Waals surface area contributed by atoms with Crippen molar-refractivity contribution in [1.82, 2.24) is 10.1 Å². The van der Waals surface area contributed by atoms with Crippen molar-refractivity contribution in [2.75, 3.05) is 5.73 Å². The van der Waals surface area contributed by atoms with Crippen LogP contribution in [0.3, 0.4) is 0 Å². The van der Waals surface area contributed by atoms with Gasteiger partial charge in [-0.05, 0) is 48.9 Å². The molecule has 0 spiro atoms. The van der Waals surface area contributed by atoms with Crippen molar-refractivity contribution in [1.29, 1.82) is 0 Å². The normalized spacial score (nSPS) is 10.7. The number of nitrogens with two attached hydrogens (primary N) is 1. The van der Waals surface area contributed by atoms with Gasteiger partial charge >= 0.3 is 0 Å². The molecule has 0 radical (unpaired) electrons. The summed E-state index contributed by atoms with van der Waals surface area (Å²) in [5, 5.41) is 4.03. The molecule has 5 heteroatoms. The molecule has 0 atom stereocenters. The van der Waals surface area contributed by atoms with E-state index >= 15 is 0 Å². The molecule has 0 saturated heterocycles. The average molecular weight is 330 g/mol. The molecule has 0 aliphatic heterocycles. The van der Waals surface area contributed by atoms with E-state index in [2.05, 4.69) is 26.1 Å². The van der Waals surface area contributed by atoms with Crippen LogP contribution in [-0.2, 0) is 0 Å². The van der Waals surface area contributed by atoms with Crippen molar-refractivity contribution >= 4 is 21.6 Å². The molecule has 2 N–H and O–H groups in total. The highest BCUT2D eigenvalue weighted by Gasteiger charge is 2.12. The number of nitrogens with zero attached hydrogens (tertiary/aromatic N) is 2. The van der Waals surface area contributed by atoms with Crippen LogP contribution >= 0.6 is 15.9 Å². The molecule has 2 aromatic carbocycles. The molecule has 4 nitrogen and oxygen atoms in total. The molecular formula is C15H12BrN3O. The Balaban J connectivity index is 1.99. The molecule has 100 valence electrons. The Bertz CT molecular complexity index is 750. The Morgan fingerprint density at radius 1 is 1.10 bits per heavy atom. The molecule has 0 amide bonds. The summed E-state index contributed by atoms with van der Waals surface area (Å²) < 4.78 is 6.25. The largest absolute Gasteiger partial charge is 0.399 e. The second kappa shape index (κ2) is 5.09. The molecule has 1 heterocycles. The van der Waals surface area contributed by atoms with E-state index in [1.54, 1.807) is 12.1 Å². The lowest BCUT2D eigenvalue weighted by Crippen LogP contribution is -1.85. The quantitative estimate of drug-likeness (QED) is 0.720. The van der Waals surface area contributed by atoms with E-state index in [0.29, 0.717) is 17.4 Å². The number of aromatic nitrogens is 2. The van der Waals surface area contributed by atoms with Crippen molar-refractivity contribution in [2.24, 2.45) is 0 Å². The van der Waals surface area contributed by atoms with Gasteiger partial charge < -0.3 is 10.3 Å². The summed E-state index contributed by atoms with van der Waals surface area (Å²) in [6.45, 7) is 2.03. The fourth-order valence-corrected chi connectivity index (χ4v) is 2.55. The molecule has 0 bridgehead atoms. The lowest BCUT2D eigenvalue weighted by Gasteiger charge is -1.99. The van der Waals surface area contributed by atoms with E-state index in [0.717, 1.165) is 15.6 Å². The first-order valence-electron chi connectivity index (χ1n) is 6.09. The summed E-state index contributed by atoms with van der Waals surface area (Å²) in [6.07, 6.45) is 0. The monoisotopic (exact) mass is 329 g/mol. The highest BCUT2D eigenvalue weighted by atomic mass is 79.9. The summed E-state index contributed by atoms with van der Waals surface area (Å²) in [5.41, 5.74) is 9.29. The minimum atomic E-state index is 0.479. The van der Waals surface area contributed by atoms with Crippen LogP contribution in [0, 0.1) is 6.92 Å². The third-order valence-corrected chi connectivity index (χ3v) is 3.61. The van der Waals surface area contributed by atoms with Crippen LogP contribution in [0.2, 0.25) is 0 Å². The SMILES string of the molecule is Cc1ccc(-c2noc(-c3ccc(N)cc3)n2)c(Br)c1. The van der Waals surface area contributed by atoms with Crippen molar-refractivity contribution in [3.63, 3.8) is 0 Å². The van der Waals surface area contributed by atoms with Gasteiger partial charge in [0.25, 0.3) is 5.89 Å². The number of anilines is 1. The maximum Gasteiger partial charge on any atom is 0.258 e. The zero-order valence-electron chi connectivity index (χ0n) is 10.8. The van der Waals surface area contributed by atoms with Gasteiger partial charge in [-0.1, -0.05) is 27.2 Å². The van der Waals surface area contributed by atoms with Gasteiger partial charge in [-0.15, -0.1) is 0 Å². The van der Waals surface area contributed by atoms with E-state index in [-0.39, 0.29) is 0 Å². The van der Waals surface area contributed by atoms with Gasteiger partial charge in [0.15, 0.2) is 0 Å². The first-order valence-corrected chi connectivity index (χ1v) is 6.89. The smallest absolute Gasteiger partial charge is 0.258 e. The number of nitrogen functional groups attached to an aromatic ring is 1. The Hall–Kier alpha value is -2.14. The molecule has 20 heavy (non-hydrogen) atoms. The highest BCUT2D eigenvalue weighted by molar-refractivity contribution is 9.10. The predicted molar refractivity (Wildman–Crippen MR) is 82.0 cm³/mol. The van der Waals surface area contributed by atoms with Crippen LogP contribution < -0.4 is 5.73 Å². The van der Waals surface area contributed by atoms with Crippen LogP contribution in [0.15, 0.2) is 51.5 Å². The Labute approximate surface area is 124 Å². The van der Waals surface area contributed by atoms with Crippen molar-refractivity contribution in [3.05, 3.63) is 52.5 Å². The first-order chi connectivity index (χ1) is 9.63. The van der Waals surface area contributed by atoms with Gasteiger partial charge in [-0.2, -0.15) is 4.98 Å². The van der Waals surface area contributed by atoms with E-state index in [9.17, 15) is 0 Å². The van der Waals surface area contributed by atoms with Gasteiger partial charge in [0.1, 0.15) is 0 Å². The predicted octanol–water partition coefficient (Wildman–Crippen LogP) is 4.06. The van der Waals surface area contributed by atoms with Gasteiger partial charge in [0.2, 0.25) is 5.82 Å². The molecule has 0 fully saturated rings. The van der Waals surface area contributed by atoms with Crippen LogP contribution in [0.25, 0.3) is 22.8 Å². The number of halogens is 1. The standard InChI is InChI=1S/C15H12BrN3O/c1-9-2-7-12(13(16)8-9)14-18-15(20-19-14)10-3-5-11(17)6-4-10/h2-8H,17H2,1H3. The van der Waals surface area contributed by atoms with Gasteiger partial charge in [-0.3, -0.25) is 0 Å². The number of hydrogen-bond acceptors (Lipinski definition) is 4. The van der Waals surface area contributed by atoms with Crippen LogP contribution in [0.1, 0.15) is 5.56 Å². The Morgan fingerprint density at radius 2 is 1.85 bits per heavy atom. The molecule has 3 aromatic rings. The second-order valence-electron chi connectivity index (χ2n) is 4.53. The molecular weight excluding hydrogens is 318 g/mol. The fraction of sp³-hybridized carbons (Fsp3) is 0.0667. The van der Waals surface area contributed by atoms with E-state index in [4.69, 9.17) is 10.3 Å². The van der Waals surface area contributed by atoms with E-state index < -0.39 is 0 Å². The van der Waals surface area contributed by atoms with Gasteiger partial charge in [0, 0.05) is 21.3 Å². The van der Waals surface area contributed by atoms with Crippen LogP contribution in [0.4, 0.5) is 5.69 Å². The van der Waals surface area contributed by atoms with Gasteiger partial charge in [-0.25, -0.2) is 0 Å². The first kappa shape index (κ1) is 12.9. The number of aryl methyl sites for hydroxylation is 1. The fourth-order valence-electron chi connectivity index (χ4n) is 1.88. The minimum absolute atomic E-state index is 0.479. The summed E-state index contributed by atoms with van der Waals surface area (Å²) in [6, 6.07) is 13.3. The van der Waals surface area contributed by atoms with E-state index in [1.807, 2.05) is 37.3 Å². The summed E-state index contributed by atoms with van der Waals surface area (Å²) in [5.74, 6) is 1.04. The maximum absolute atomic E-state index is 5.66. The molecule has 1 aromatic heterocycles. The highest BCUT2D eigenvalue weighted by Crippen LogP contribution is 2.29. The van der Waals surface area contributed by atoms with Gasteiger partial charge in [0.05, 0.1) is 0 Å². The molecule has 0 aliphatic carbocycles. The topological polar surface area (TPSA) is 64.9 Å². The average Bonchev–Trinajstić information content (AvgIpc) is 2.89. The molecule has 0 saturated carbocycles. The number of rotatable bonds is 2. The number of hydrogen-bond donors (Lipinski definition) is 1. The summed E-state index contributed by atoms with van der Waals surface area (Å²) in [7, 11) is 0. The van der Waals surface area contributed by atoms with Crippen molar-refractivity contribution in [3.8, 4) is 22.8 Å². The summed E-state index contributed by atoms with van der Waals surface area (Å²) >= 11 is 3.52. The van der Waals surface area contributed by atoms with E-state index in [1.165, 1.54) is 5.56 Å².